The lowest BCUT2D eigenvalue weighted by Gasteiger charge is -2.42. The predicted octanol–water partition coefficient (Wildman–Crippen LogP) is 18.2. The second-order valence-electron chi connectivity index (χ2n) is 19.3. The average Bonchev–Trinajstić information content (AvgIpc) is 3.31. The van der Waals surface area contributed by atoms with Gasteiger partial charge in [0.25, 0.3) is 0 Å². The molecule has 0 unspecified atom stereocenters. The fourth-order valence-corrected chi connectivity index (χ4v) is 10.8. The summed E-state index contributed by atoms with van der Waals surface area (Å²) in [6.07, 6.45) is -10.0. The third kappa shape index (κ3) is 7.10. The van der Waals surface area contributed by atoms with E-state index >= 15 is 0 Å². The van der Waals surface area contributed by atoms with E-state index in [0.29, 0.717) is 11.1 Å². The molecule has 0 spiro atoms. The Balaban J connectivity index is 1.17. The maximum absolute atomic E-state index is 14.4. The summed E-state index contributed by atoms with van der Waals surface area (Å²) < 4.78 is 86.4. The van der Waals surface area contributed by atoms with Crippen LogP contribution in [0.2, 0.25) is 0 Å². The normalized spacial score (nSPS) is 14.8. The van der Waals surface area contributed by atoms with Gasteiger partial charge < -0.3 is 9.80 Å². The first kappa shape index (κ1) is 44.8. The number of para-hydroxylation sites is 4. The third-order valence-corrected chi connectivity index (χ3v) is 14.7. The van der Waals surface area contributed by atoms with Crippen molar-refractivity contribution in [1.82, 2.24) is 0 Å². The zero-order chi connectivity index (χ0) is 48.2. The van der Waals surface area contributed by atoms with Crippen LogP contribution in [0.4, 0.5) is 60.5 Å². The number of nitrogens with zero attached hydrogens (tertiary/aromatic N) is 2. The minimum absolute atomic E-state index is 0.180. The van der Waals surface area contributed by atoms with Gasteiger partial charge in [0.2, 0.25) is 0 Å². The van der Waals surface area contributed by atoms with Crippen LogP contribution in [0.5, 0.6) is 0 Å². The predicted molar refractivity (Wildman–Crippen MR) is 265 cm³/mol. The van der Waals surface area contributed by atoms with Crippen molar-refractivity contribution in [3.05, 3.63) is 213 Å². The van der Waals surface area contributed by atoms with Gasteiger partial charge in [0.05, 0.1) is 33.9 Å². The molecule has 8 heteroatoms. The summed E-state index contributed by atoms with van der Waals surface area (Å²) in [5, 5.41) is 0. The summed E-state index contributed by atoms with van der Waals surface area (Å²) in [6.45, 7) is 17.1. The van der Waals surface area contributed by atoms with E-state index in [-0.39, 0.29) is 28.0 Å². The first-order valence-corrected chi connectivity index (χ1v) is 22.8. The maximum atomic E-state index is 14.4. The summed E-state index contributed by atoms with van der Waals surface area (Å²) >= 11 is 0. The molecule has 2 aliphatic rings. The standard InChI is InChI=1S/C60H50F6N2/c1-35-37(3)51(67-53-21-13-9-17-47(53)57(5,6)48-18-10-14-22-54(48)67)27-25-45(35)41-29-39(40-32-43(59(61,62)63)34-44(33-40)60(64,65)66)30-42(31-41)46-26-28-52(38(4)36(46)2)68-55-23-15-11-19-49(55)58(7,8)50-20-12-16-24-56(50)68/h9-34H,1-8H3. The maximum Gasteiger partial charge on any atom is 0.416 e. The number of hydrogen-bond acceptors (Lipinski definition) is 2. The Labute approximate surface area is 394 Å². The van der Waals surface area contributed by atoms with Gasteiger partial charge >= 0.3 is 12.4 Å². The Kier molecular flexibility index (Phi) is 10.4. The molecule has 0 saturated heterocycles. The Hall–Kier alpha value is -7.06. The van der Waals surface area contributed by atoms with Crippen LogP contribution in [0.25, 0.3) is 33.4 Å². The van der Waals surface area contributed by atoms with E-state index in [0.717, 1.165) is 79.6 Å². The third-order valence-electron chi connectivity index (χ3n) is 14.7. The summed E-state index contributed by atoms with van der Waals surface area (Å²) in [7, 11) is 0. The van der Waals surface area contributed by atoms with Crippen LogP contribution in [0.15, 0.2) is 158 Å². The molecule has 342 valence electrons. The number of hydrogen-bond donors (Lipinski definition) is 0. The molecule has 0 fully saturated rings. The molecule has 0 atom stereocenters. The van der Waals surface area contributed by atoms with Crippen molar-refractivity contribution >= 4 is 34.1 Å². The molecule has 0 aromatic heterocycles. The van der Waals surface area contributed by atoms with Crippen molar-refractivity contribution in [2.24, 2.45) is 0 Å². The van der Waals surface area contributed by atoms with E-state index in [1.807, 2.05) is 56.3 Å². The van der Waals surface area contributed by atoms with Crippen molar-refractivity contribution in [1.29, 1.82) is 0 Å². The molecule has 2 aliphatic heterocycles. The lowest BCUT2D eigenvalue weighted by molar-refractivity contribution is -0.143. The van der Waals surface area contributed by atoms with Gasteiger partial charge in [0.15, 0.2) is 0 Å². The van der Waals surface area contributed by atoms with Gasteiger partial charge in [-0.2, -0.15) is 26.3 Å². The Bertz CT molecular complexity index is 3020. The fraction of sp³-hybridized carbons (Fsp3) is 0.200. The van der Waals surface area contributed by atoms with Gasteiger partial charge in [-0.25, -0.2) is 0 Å². The van der Waals surface area contributed by atoms with Crippen LogP contribution < -0.4 is 9.80 Å². The zero-order valence-corrected chi connectivity index (χ0v) is 39.2. The first-order chi connectivity index (χ1) is 32.2. The molecule has 0 N–H and O–H groups in total. The molecule has 0 bridgehead atoms. The smallest absolute Gasteiger partial charge is 0.310 e. The lowest BCUT2D eigenvalue weighted by atomic mass is 9.73. The number of alkyl halides is 6. The monoisotopic (exact) mass is 912 g/mol. The van der Waals surface area contributed by atoms with E-state index in [1.54, 1.807) is 12.1 Å². The fourth-order valence-electron chi connectivity index (χ4n) is 10.8. The second-order valence-corrected chi connectivity index (χ2v) is 19.3. The molecule has 0 amide bonds. The Morgan fingerprint density at radius 2 is 0.618 bits per heavy atom. The van der Waals surface area contributed by atoms with Crippen molar-refractivity contribution in [3.63, 3.8) is 0 Å². The molecule has 10 rings (SSSR count). The van der Waals surface area contributed by atoms with E-state index in [2.05, 4.69) is 136 Å². The van der Waals surface area contributed by atoms with Gasteiger partial charge in [-0.15, -0.1) is 0 Å². The molecule has 8 aromatic carbocycles. The van der Waals surface area contributed by atoms with Gasteiger partial charge in [-0.05, 0) is 178 Å². The highest BCUT2D eigenvalue weighted by atomic mass is 19.4. The van der Waals surface area contributed by atoms with Crippen LogP contribution in [0.3, 0.4) is 0 Å². The number of benzene rings is 8. The van der Waals surface area contributed by atoms with E-state index < -0.39 is 23.5 Å². The molecular weight excluding hydrogens is 863 g/mol. The summed E-state index contributed by atoms with van der Waals surface area (Å²) in [5.74, 6) is 0. The van der Waals surface area contributed by atoms with Crippen LogP contribution in [-0.2, 0) is 23.2 Å². The van der Waals surface area contributed by atoms with E-state index in [1.165, 1.54) is 22.3 Å². The molecule has 68 heavy (non-hydrogen) atoms. The van der Waals surface area contributed by atoms with Crippen LogP contribution in [0, 0.1) is 27.7 Å². The number of anilines is 6. The lowest BCUT2D eigenvalue weighted by Crippen LogP contribution is -2.30. The van der Waals surface area contributed by atoms with Gasteiger partial charge in [0, 0.05) is 22.2 Å². The van der Waals surface area contributed by atoms with Crippen LogP contribution in [0.1, 0.15) is 83.3 Å². The van der Waals surface area contributed by atoms with Crippen molar-refractivity contribution in [3.8, 4) is 33.4 Å². The van der Waals surface area contributed by atoms with Gasteiger partial charge in [-0.1, -0.05) is 113 Å². The number of rotatable bonds is 5. The zero-order valence-electron chi connectivity index (χ0n) is 39.2. The number of fused-ring (bicyclic) bond motifs is 4. The van der Waals surface area contributed by atoms with E-state index in [4.69, 9.17) is 0 Å². The van der Waals surface area contributed by atoms with Crippen molar-refractivity contribution in [2.75, 3.05) is 9.80 Å². The molecule has 0 saturated carbocycles. The quantitative estimate of drug-likeness (QED) is 0.159. The first-order valence-electron chi connectivity index (χ1n) is 22.8. The molecule has 0 radical (unpaired) electrons. The van der Waals surface area contributed by atoms with Gasteiger partial charge in [0.1, 0.15) is 0 Å². The average molecular weight is 913 g/mol. The highest BCUT2D eigenvalue weighted by Gasteiger charge is 2.40. The SMILES string of the molecule is Cc1c(-c2cc(-c3cc(C(F)(F)F)cc(C(F)(F)F)c3)cc(-c3ccc(N4c5ccccc5C(C)(C)c5ccccc54)c(C)c3C)c2)ccc(N2c3ccccc3C(C)(C)c3ccccc32)c1C. The minimum atomic E-state index is -5.01. The van der Waals surface area contributed by atoms with Crippen LogP contribution >= 0.6 is 0 Å². The second kappa shape index (κ2) is 15.8. The molecular formula is C60H50F6N2. The Morgan fingerprint density at radius 1 is 0.324 bits per heavy atom. The Morgan fingerprint density at radius 3 is 0.941 bits per heavy atom. The number of halogens is 6. The molecule has 2 heterocycles. The highest BCUT2D eigenvalue weighted by molar-refractivity contribution is 5.92. The highest BCUT2D eigenvalue weighted by Crippen LogP contribution is 2.55. The summed E-state index contributed by atoms with van der Waals surface area (Å²) in [5.41, 5.74) is 14.5. The molecule has 0 aliphatic carbocycles. The minimum Gasteiger partial charge on any atom is -0.310 e. The summed E-state index contributed by atoms with van der Waals surface area (Å²) in [4.78, 5) is 4.58. The van der Waals surface area contributed by atoms with Crippen LogP contribution in [-0.4, -0.2) is 0 Å². The van der Waals surface area contributed by atoms with Crippen molar-refractivity contribution in [2.45, 2.75) is 78.6 Å². The topological polar surface area (TPSA) is 6.48 Å². The molecule has 2 nitrogen and oxygen atoms in total. The summed E-state index contributed by atoms with van der Waals surface area (Å²) in [6, 6.07) is 49.1. The molecule has 8 aromatic rings. The van der Waals surface area contributed by atoms with Gasteiger partial charge in [-0.3, -0.25) is 0 Å². The largest absolute Gasteiger partial charge is 0.416 e. The van der Waals surface area contributed by atoms with Crippen molar-refractivity contribution < 1.29 is 26.3 Å². The van der Waals surface area contributed by atoms with E-state index in [9.17, 15) is 26.3 Å².